The zero-order valence-electron chi connectivity index (χ0n) is 16.2. The Balaban J connectivity index is 1.58. The zero-order valence-corrected chi connectivity index (χ0v) is 16.2. The molecule has 3 aromatic rings. The topological polar surface area (TPSA) is 98.5 Å². The lowest BCUT2D eigenvalue weighted by molar-refractivity contribution is 0.277. The van der Waals surface area contributed by atoms with Crippen molar-refractivity contribution in [3.63, 3.8) is 0 Å². The molecule has 148 valence electrons. The number of nitrogens with zero attached hydrogens (tertiary/aromatic N) is 3. The molecule has 0 unspecified atom stereocenters. The molecule has 1 saturated carbocycles. The molecule has 1 aromatic carbocycles. The number of fused-ring (bicyclic) bond motifs is 2. The van der Waals surface area contributed by atoms with Crippen LogP contribution in [0.15, 0.2) is 35.3 Å². The summed E-state index contributed by atoms with van der Waals surface area (Å²) in [7, 11) is 0. The number of H-pyrrole nitrogens is 1. The van der Waals surface area contributed by atoms with Crippen LogP contribution in [0.2, 0.25) is 0 Å². The van der Waals surface area contributed by atoms with Crippen LogP contribution in [0.1, 0.15) is 42.9 Å². The Hall–Kier alpha value is -3.11. The van der Waals surface area contributed by atoms with Gasteiger partial charge >= 0.3 is 0 Å². The van der Waals surface area contributed by atoms with Crippen molar-refractivity contribution in [2.75, 3.05) is 11.9 Å². The first-order valence-electron chi connectivity index (χ1n) is 10.3. The number of nitriles is 1. The van der Waals surface area contributed by atoms with Crippen LogP contribution in [0.4, 0.5) is 11.5 Å². The summed E-state index contributed by atoms with van der Waals surface area (Å²) in [5.74, 6) is 0.474. The minimum absolute atomic E-state index is 0.00123. The third-order valence-electron chi connectivity index (χ3n) is 6.20. The maximum absolute atomic E-state index is 12.6. The van der Waals surface area contributed by atoms with E-state index in [0.29, 0.717) is 11.2 Å². The maximum atomic E-state index is 12.6. The fraction of sp³-hybridized carbons (Fsp3) is 0.409. The molecule has 0 bridgehead atoms. The second kappa shape index (κ2) is 7.37. The minimum Gasteiger partial charge on any atom is -0.338 e. The summed E-state index contributed by atoms with van der Waals surface area (Å²) in [5, 5.41) is 21.7. The molecular formula is C22H24N6O. The number of hydrogen-bond acceptors (Lipinski definition) is 5. The number of aromatic nitrogens is 3. The summed E-state index contributed by atoms with van der Waals surface area (Å²) in [5.41, 5.74) is 4.17. The SMILES string of the molecule is N#C[C@H]1CCCC[C@@H]1n1nc(Nc2ccc3c(c2)CNCC3)c2c(=O)[nH]ccc21. The van der Waals surface area contributed by atoms with Gasteiger partial charge in [-0.25, -0.2) is 0 Å². The Labute approximate surface area is 168 Å². The number of nitrogens with one attached hydrogen (secondary N) is 3. The van der Waals surface area contributed by atoms with Crippen molar-refractivity contribution in [2.24, 2.45) is 5.92 Å². The lowest BCUT2D eigenvalue weighted by Gasteiger charge is -2.27. The van der Waals surface area contributed by atoms with Crippen LogP contribution < -0.4 is 16.2 Å². The number of pyridine rings is 1. The largest absolute Gasteiger partial charge is 0.338 e. The van der Waals surface area contributed by atoms with Gasteiger partial charge in [0.1, 0.15) is 5.39 Å². The molecule has 0 spiro atoms. The van der Waals surface area contributed by atoms with Gasteiger partial charge < -0.3 is 15.6 Å². The maximum Gasteiger partial charge on any atom is 0.261 e. The van der Waals surface area contributed by atoms with Gasteiger partial charge in [0.2, 0.25) is 0 Å². The van der Waals surface area contributed by atoms with Crippen molar-refractivity contribution in [2.45, 2.75) is 44.7 Å². The van der Waals surface area contributed by atoms with Crippen molar-refractivity contribution >= 4 is 22.4 Å². The highest BCUT2D eigenvalue weighted by atomic mass is 16.1. The van der Waals surface area contributed by atoms with Crippen molar-refractivity contribution in [3.05, 3.63) is 51.9 Å². The van der Waals surface area contributed by atoms with Gasteiger partial charge in [-0.15, -0.1) is 0 Å². The van der Waals surface area contributed by atoms with Crippen LogP contribution in [-0.2, 0) is 13.0 Å². The fourth-order valence-corrected chi connectivity index (χ4v) is 4.69. The average molecular weight is 388 g/mol. The van der Waals surface area contributed by atoms with E-state index in [9.17, 15) is 10.1 Å². The summed E-state index contributed by atoms with van der Waals surface area (Å²) in [6.45, 7) is 1.86. The van der Waals surface area contributed by atoms with Gasteiger partial charge in [-0.1, -0.05) is 18.9 Å². The Morgan fingerprint density at radius 3 is 3.00 bits per heavy atom. The van der Waals surface area contributed by atoms with E-state index in [0.717, 1.165) is 56.4 Å². The van der Waals surface area contributed by atoms with E-state index in [2.05, 4.69) is 33.8 Å². The summed E-state index contributed by atoms with van der Waals surface area (Å²) in [6, 6.07) is 10.7. The van der Waals surface area contributed by atoms with Gasteiger partial charge in [-0.2, -0.15) is 10.4 Å². The highest BCUT2D eigenvalue weighted by molar-refractivity contribution is 5.91. The van der Waals surface area contributed by atoms with E-state index in [1.807, 2.05) is 16.8 Å². The van der Waals surface area contributed by atoms with Crippen LogP contribution in [0.25, 0.3) is 10.9 Å². The first-order valence-corrected chi connectivity index (χ1v) is 10.3. The van der Waals surface area contributed by atoms with Crippen LogP contribution in [0.5, 0.6) is 0 Å². The third kappa shape index (κ3) is 3.19. The molecule has 0 radical (unpaired) electrons. The summed E-state index contributed by atoms with van der Waals surface area (Å²) < 4.78 is 1.90. The fourth-order valence-electron chi connectivity index (χ4n) is 4.69. The van der Waals surface area contributed by atoms with Gasteiger partial charge in [0.25, 0.3) is 5.56 Å². The molecule has 2 aromatic heterocycles. The van der Waals surface area contributed by atoms with E-state index in [1.54, 1.807) is 6.20 Å². The molecule has 2 aliphatic rings. The lowest BCUT2D eigenvalue weighted by atomic mass is 9.85. The molecule has 3 N–H and O–H groups in total. The van der Waals surface area contributed by atoms with E-state index in [1.165, 1.54) is 11.1 Å². The summed E-state index contributed by atoms with van der Waals surface area (Å²) in [4.78, 5) is 15.4. The molecule has 2 atom stereocenters. The van der Waals surface area contributed by atoms with Gasteiger partial charge in [0, 0.05) is 18.4 Å². The highest BCUT2D eigenvalue weighted by Crippen LogP contribution is 2.36. The second-order valence-electron chi connectivity index (χ2n) is 7.98. The average Bonchev–Trinajstić information content (AvgIpc) is 3.13. The van der Waals surface area contributed by atoms with Crippen molar-refractivity contribution < 1.29 is 0 Å². The molecule has 29 heavy (non-hydrogen) atoms. The molecule has 1 fully saturated rings. The smallest absolute Gasteiger partial charge is 0.261 e. The van der Waals surface area contributed by atoms with E-state index in [4.69, 9.17) is 5.10 Å². The quantitative estimate of drug-likeness (QED) is 0.639. The minimum atomic E-state index is -0.166. The number of anilines is 2. The van der Waals surface area contributed by atoms with Crippen LogP contribution in [0.3, 0.4) is 0 Å². The Morgan fingerprint density at radius 2 is 2.10 bits per heavy atom. The van der Waals surface area contributed by atoms with Crippen LogP contribution in [0, 0.1) is 17.2 Å². The molecule has 1 aliphatic heterocycles. The number of rotatable bonds is 3. The molecule has 7 heteroatoms. The summed E-state index contributed by atoms with van der Waals surface area (Å²) >= 11 is 0. The lowest BCUT2D eigenvalue weighted by Crippen LogP contribution is -2.23. The van der Waals surface area contributed by atoms with Gasteiger partial charge in [0.15, 0.2) is 5.82 Å². The number of benzene rings is 1. The van der Waals surface area contributed by atoms with Crippen LogP contribution in [-0.4, -0.2) is 21.3 Å². The normalized spacial score (nSPS) is 21.5. The Morgan fingerprint density at radius 1 is 1.21 bits per heavy atom. The molecule has 3 heterocycles. The Bertz CT molecular complexity index is 1150. The second-order valence-corrected chi connectivity index (χ2v) is 7.98. The van der Waals surface area contributed by atoms with Crippen molar-refractivity contribution in [1.29, 1.82) is 5.26 Å². The number of aromatic amines is 1. The van der Waals surface area contributed by atoms with E-state index in [-0.39, 0.29) is 17.5 Å². The van der Waals surface area contributed by atoms with E-state index >= 15 is 0 Å². The van der Waals surface area contributed by atoms with E-state index < -0.39 is 0 Å². The Kier molecular flexibility index (Phi) is 4.57. The standard InChI is InChI=1S/C22H24N6O/c23-12-15-3-1-2-4-18(15)28-19-8-10-25-22(29)20(19)21(27-28)26-17-6-5-14-7-9-24-13-16(14)11-17/h5-6,8,10-11,15,18,24H,1-4,7,9,13H2,(H,25,29)(H,26,27)/t15-,18+/m1/s1. The zero-order chi connectivity index (χ0) is 19.8. The molecule has 0 saturated heterocycles. The predicted octanol–water partition coefficient (Wildman–Crippen LogP) is 3.37. The van der Waals surface area contributed by atoms with Crippen molar-refractivity contribution in [1.82, 2.24) is 20.1 Å². The molecule has 1 aliphatic carbocycles. The first kappa shape index (κ1) is 18.0. The monoisotopic (exact) mass is 388 g/mol. The molecule has 0 amide bonds. The highest BCUT2D eigenvalue weighted by Gasteiger charge is 2.29. The van der Waals surface area contributed by atoms with Gasteiger partial charge in [-0.05, 0) is 55.1 Å². The molecule has 5 rings (SSSR count). The number of hydrogen-bond donors (Lipinski definition) is 3. The molecule has 7 nitrogen and oxygen atoms in total. The predicted molar refractivity (Wildman–Crippen MR) is 112 cm³/mol. The summed E-state index contributed by atoms with van der Waals surface area (Å²) in [6.07, 6.45) is 6.63. The van der Waals surface area contributed by atoms with Crippen LogP contribution >= 0.6 is 0 Å². The van der Waals surface area contributed by atoms with Gasteiger partial charge in [-0.3, -0.25) is 9.48 Å². The first-order chi connectivity index (χ1) is 14.2. The van der Waals surface area contributed by atoms with Gasteiger partial charge in [0.05, 0.1) is 23.5 Å². The molecular weight excluding hydrogens is 364 g/mol. The third-order valence-corrected chi connectivity index (χ3v) is 6.20. The van der Waals surface area contributed by atoms with Crippen molar-refractivity contribution in [3.8, 4) is 6.07 Å².